The van der Waals surface area contributed by atoms with Crippen molar-refractivity contribution in [3.8, 4) is 11.5 Å². The second-order valence-electron chi connectivity index (χ2n) is 9.35. The number of rotatable bonds is 6. The van der Waals surface area contributed by atoms with E-state index < -0.39 is 5.92 Å². The number of hydrogen-bond donors (Lipinski definition) is 1. The van der Waals surface area contributed by atoms with E-state index in [1.165, 1.54) is 0 Å². The molecule has 5 rings (SSSR count). The fourth-order valence-corrected chi connectivity index (χ4v) is 5.26. The fraction of sp³-hybridized carbons (Fsp3) is 0.379. The van der Waals surface area contributed by atoms with Crippen LogP contribution in [-0.2, 0) is 20.9 Å². The van der Waals surface area contributed by atoms with Crippen molar-refractivity contribution in [2.24, 2.45) is 0 Å². The summed E-state index contributed by atoms with van der Waals surface area (Å²) < 4.78 is 17.2. The van der Waals surface area contributed by atoms with Crippen molar-refractivity contribution in [2.45, 2.75) is 38.7 Å². The number of ether oxygens (including phenoxy) is 3. The number of allylic oxidation sites excluding steroid dienone is 3. The second kappa shape index (κ2) is 10.6. The molecule has 2 aromatic rings. The highest BCUT2D eigenvalue weighted by Crippen LogP contribution is 2.44. The third-order valence-electron chi connectivity index (χ3n) is 7.06. The van der Waals surface area contributed by atoms with E-state index in [2.05, 4.69) is 5.32 Å². The summed E-state index contributed by atoms with van der Waals surface area (Å²) in [5.74, 6) is 0.771. The first-order valence-electron chi connectivity index (χ1n) is 12.5. The standard InChI is InChI=1S/C29H32N2O5/c1-19-26(29(33)31-13-15-35-16-14-31)27(28-22(30-19)9-6-10-23(28)32)21-11-12-24(25(17-21)34-2)36-18-20-7-4-3-5-8-20/h3-5,7-8,11-12,17,27,30H,6,9-10,13-16,18H2,1-2H3/t27-/m1/s1. The van der Waals surface area contributed by atoms with Gasteiger partial charge in [-0.15, -0.1) is 0 Å². The maximum absolute atomic E-state index is 13.8. The van der Waals surface area contributed by atoms with Gasteiger partial charge in [0.25, 0.3) is 5.91 Å². The third-order valence-corrected chi connectivity index (χ3v) is 7.06. The molecule has 188 valence electrons. The zero-order chi connectivity index (χ0) is 25.1. The van der Waals surface area contributed by atoms with Crippen molar-refractivity contribution in [1.29, 1.82) is 0 Å². The largest absolute Gasteiger partial charge is 0.493 e. The number of benzene rings is 2. The van der Waals surface area contributed by atoms with Crippen LogP contribution in [0.1, 0.15) is 43.2 Å². The molecular formula is C29H32N2O5. The van der Waals surface area contributed by atoms with Crippen LogP contribution < -0.4 is 14.8 Å². The van der Waals surface area contributed by atoms with E-state index in [-0.39, 0.29) is 11.7 Å². The molecule has 1 N–H and O–H groups in total. The molecule has 1 aliphatic carbocycles. The highest BCUT2D eigenvalue weighted by molar-refractivity contribution is 6.05. The second-order valence-corrected chi connectivity index (χ2v) is 9.35. The number of nitrogens with zero attached hydrogens (tertiary/aromatic N) is 1. The summed E-state index contributed by atoms with van der Waals surface area (Å²) in [5, 5.41) is 3.40. The third kappa shape index (κ3) is 4.75. The Labute approximate surface area is 211 Å². The summed E-state index contributed by atoms with van der Waals surface area (Å²) in [5.41, 5.74) is 4.94. The normalized spacial score (nSPS) is 20.1. The summed E-state index contributed by atoms with van der Waals surface area (Å²) in [6, 6.07) is 15.7. The Morgan fingerprint density at radius 3 is 2.61 bits per heavy atom. The lowest BCUT2D eigenvalue weighted by molar-refractivity contribution is -0.131. The van der Waals surface area contributed by atoms with E-state index in [9.17, 15) is 9.59 Å². The van der Waals surface area contributed by atoms with Crippen molar-refractivity contribution >= 4 is 11.7 Å². The number of carbonyl (C=O) groups is 2. The van der Waals surface area contributed by atoms with E-state index in [1.807, 2.05) is 60.4 Å². The Morgan fingerprint density at radius 1 is 1.08 bits per heavy atom. The topological polar surface area (TPSA) is 77.1 Å². The lowest BCUT2D eigenvalue weighted by atomic mass is 9.74. The molecule has 7 heteroatoms. The molecule has 0 radical (unpaired) electrons. The van der Waals surface area contributed by atoms with Crippen LogP contribution in [0.2, 0.25) is 0 Å². The van der Waals surface area contributed by atoms with Crippen LogP contribution in [0.3, 0.4) is 0 Å². The average molecular weight is 489 g/mol. The maximum atomic E-state index is 13.8. The van der Waals surface area contributed by atoms with Crippen LogP contribution in [0, 0.1) is 0 Å². The van der Waals surface area contributed by atoms with Gasteiger partial charge in [-0.3, -0.25) is 9.59 Å². The van der Waals surface area contributed by atoms with Gasteiger partial charge in [0.1, 0.15) is 6.61 Å². The van der Waals surface area contributed by atoms with Crippen LogP contribution in [0.15, 0.2) is 71.1 Å². The predicted octanol–water partition coefficient (Wildman–Crippen LogP) is 4.10. The molecule has 2 heterocycles. The van der Waals surface area contributed by atoms with E-state index in [1.54, 1.807) is 7.11 Å². The number of ketones is 1. The Hall–Kier alpha value is -3.58. The van der Waals surface area contributed by atoms with E-state index in [4.69, 9.17) is 14.2 Å². The van der Waals surface area contributed by atoms with Gasteiger partial charge in [-0.1, -0.05) is 36.4 Å². The van der Waals surface area contributed by atoms with Gasteiger partial charge in [0, 0.05) is 48.0 Å². The minimum Gasteiger partial charge on any atom is -0.493 e. The van der Waals surface area contributed by atoms with Crippen LogP contribution in [0.4, 0.5) is 0 Å². The van der Waals surface area contributed by atoms with Gasteiger partial charge < -0.3 is 24.4 Å². The number of carbonyl (C=O) groups excluding carboxylic acids is 2. The first-order valence-corrected chi connectivity index (χ1v) is 12.5. The van der Waals surface area contributed by atoms with Gasteiger partial charge in [-0.05, 0) is 43.0 Å². The zero-order valence-corrected chi connectivity index (χ0v) is 20.8. The van der Waals surface area contributed by atoms with Crippen molar-refractivity contribution < 1.29 is 23.8 Å². The lowest BCUT2D eigenvalue weighted by Crippen LogP contribution is -2.44. The molecule has 1 amide bonds. The molecule has 2 aliphatic heterocycles. The zero-order valence-electron chi connectivity index (χ0n) is 20.8. The van der Waals surface area contributed by atoms with Crippen LogP contribution in [0.5, 0.6) is 11.5 Å². The number of dihydropyridines is 1. The van der Waals surface area contributed by atoms with E-state index >= 15 is 0 Å². The number of morpholine rings is 1. The van der Waals surface area contributed by atoms with Gasteiger partial charge >= 0.3 is 0 Å². The minimum absolute atomic E-state index is 0.0541. The molecule has 36 heavy (non-hydrogen) atoms. The Morgan fingerprint density at radius 2 is 1.86 bits per heavy atom. The first kappa shape index (κ1) is 24.1. The summed E-state index contributed by atoms with van der Waals surface area (Å²) >= 11 is 0. The molecule has 1 atom stereocenters. The Bertz CT molecular complexity index is 1210. The van der Waals surface area contributed by atoms with Crippen molar-refractivity contribution in [1.82, 2.24) is 10.2 Å². The number of amides is 1. The number of hydrogen-bond acceptors (Lipinski definition) is 6. The molecule has 0 aromatic heterocycles. The number of nitrogens with one attached hydrogen (secondary N) is 1. The molecule has 7 nitrogen and oxygen atoms in total. The number of Topliss-reactive ketones (excluding diaryl/α,β-unsaturated/α-hetero) is 1. The molecular weight excluding hydrogens is 456 g/mol. The van der Waals surface area contributed by atoms with Gasteiger partial charge in [0.15, 0.2) is 17.3 Å². The smallest absolute Gasteiger partial charge is 0.252 e. The quantitative estimate of drug-likeness (QED) is 0.660. The summed E-state index contributed by atoms with van der Waals surface area (Å²) in [6.45, 7) is 4.46. The SMILES string of the molecule is COc1cc([C@@H]2C(C(=O)N3CCOCC3)=C(C)NC3=C2C(=O)CCC3)ccc1OCc1ccccc1. The predicted molar refractivity (Wildman–Crippen MR) is 136 cm³/mol. The average Bonchev–Trinajstić information content (AvgIpc) is 2.92. The lowest BCUT2D eigenvalue weighted by Gasteiger charge is -2.37. The molecule has 2 aromatic carbocycles. The van der Waals surface area contributed by atoms with Crippen LogP contribution in [0.25, 0.3) is 0 Å². The van der Waals surface area contributed by atoms with E-state index in [0.29, 0.717) is 62.0 Å². The summed E-state index contributed by atoms with van der Waals surface area (Å²) in [7, 11) is 1.61. The van der Waals surface area contributed by atoms with Crippen molar-refractivity contribution in [3.05, 3.63) is 82.2 Å². The minimum atomic E-state index is -0.457. The molecule has 1 fully saturated rings. The molecule has 0 bridgehead atoms. The van der Waals surface area contributed by atoms with E-state index in [0.717, 1.165) is 35.4 Å². The monoisotopic (exact) mass is 488 g/mol. The summed E-state index contributed by atoms with van der Waals surface area (Å²) in [6.07, 6.45) is 2.10. The molecule has 3 aliphatic rings. The fourth-order valence-electron chi connectivity index (χ4n) is 5.26. The highest BCUT2D eigenvalue weighted by Gasteiger charge is 2.40. The maximum Gasteiger partial charge on any atom is 0.252 e. The Kier molecular flexibility index (Phi) is 7.09. The van der Waals surface area contributed by atoms with Gasteiger partial charge in [0.05, 0.1) is 20.3 Å². The van der Waals surface area contributed by atoms with Crippen molar-refractivity contribution in [2.75, 3.05) is 33.4 Å². The molecule has 0 unspecified atom stereocenters. The van der Waals surface area contributed by atoms with Gasteiger partial charge in [0.2, 0.25) is 0 Å². The van der Waals surface area contributed by atoms with Gasteiger partial charge in [-0.2, -0.15) is 0 Å². The summed E-state index contributed by atoms with van der Waals surface area (Å²) in [4.78, 5) is 28.8. The highest BCUT2D eigenvalue weighted by atomic mass is 16.5. The first-order chi connectivity index (χ1) is 17.6. The van der Waals surface area contributed by atoms with Crippen molar-refractivity contribution in [3.63, 3.8) is 0 Å². The molecule has 0 spiro atoms. The molecule has 1 saturated heterocycles. The van der Waals surface area contributed by atoms with Crippen LogP contribution >= 0.6 is 0 Å². The molecule has 0 saturated carbocycles. The Balaban J connectivity index is 1.52. The number of methoxy groups -OCH3 is 1. The van der Waals surface area contributed by atoms with Gasteiger partial charge in [-0.25, -0.2) is 0 Å². The van der Waals surface area contributed by atoms with Crippen LogP contribution in [-0.4, -0.2) is 50.0 Å².